The summed E-state index contributed by atoms with van der Waals surface area (Å²) in [6.45, 7) is 4.61. The molecule has 0 aliphatic heterocycles. The fraction of sp³-hybridized carbons (Fsp3) is 0.100. The van der Waals surface area contributed by atoms with Crippen molar-refractivity contribution >= 4 is 40.5 Å². The second kappa shape index (κ2) is 5.85. The highest BCUT2D eigenvalue weighted by Gasteiger charge is 2.33. The van der Waals surface area contributed by atoms with Gasteiger partial charge in [-0.25, -0.2) is 4.79 Å². The number of nitrogens with zero attached hydrogens (tertiary/aromatic N) is 2. The summed E-state index contributed by atoms with van der Waals surface area (Å²) in [6, 6.07) is 0.762. The van der Waals surface area contributed by atoms with Crippen molar-refractivity contribution in [3.8, 4) is 5.75 Å². The van der Waals surface area contributed by atoms with E-state index in [1.165, 1.54) is 6.92 Å². The van der Waals surface area contributed by atoms with E-state index in [1.54, 1.807) is 0 Å². The van der Waals surface area contributed by atoms with Crippen molar-refractivity contribution in [2.75, 3.05) is 0 Å². The molecule has 20 heavy (non-hydrogen) atoms. The molecular weight excluding hydrogens is 315 g/mol. The molecule has 0 spiro atoms. The zero-order valence-corrected chi connectivity index (χ0v) is 11.4. The van der Waals surface area contributed by atoms with Crippen molar-refractivity contribution in [3.05, 3.63) is 48.5 Å². The lowest BCUT2D eigenvalue weighted by molar-refractivity contribution is -0.394. The molecule has 0 fully saturated rings. The maximum Gasteiger partial charge on any atom is 0.338 e. The topological polar surface area (TPSA) is 113 Å². The fourth-order valence-electron chi connectivity index (χ4n) is 1.16. The lowest BCUT2D eigenvalue weighted by Crippen LogP contribution is -2.10. The van der Waals surface area contributed by atoms with E-state index in [0.29, 0.717) is 0 Å². The van der Waals surface area contributed by atoms with E-state index in [-0.39, 0.29) is 5.57 Å². The number of halogens is 2. The Balaban J connectivity index is 3.56. The van der Waals surface area contributed by atoms with Crippen LogP contribution in [-0.4, -0.2) is 15.8 Å². The predicted molar refractivity (Wildman–Crippen MR) is 70.2 cm³/mol. The minimum Gasteiger partial charge on any atom is -0.414 e. The van der Waals surface area contributed by atoms with Crippen LogP contribution in [0.3, 0.4) is 0 Å². The molecule has 0 amide bonds. The second-order valence-electron chi connectivity index (χ2n) is 3.55. The number of rotatable bonds is 4. The lowest BCUT2D eigenvalue weighted by Gasteiger charge is -2.08. The van der Waals surface area contributed by atoms with Crippen molar-refractivity contribution in [2.24, 2.45) is 0 Å². The van der Waals surface area contributed by atoms with Crippen molar-refractivity contribution in [2.45, 2.75) is 6.92 Å². The molecule has 0 heterocycles. The summed E-state index contributed by atoms with van der Waals surface area (Å²) in [5, 5.41) is 20.4. The highest BCUT2D eigenvalue weighted by atomic mass is 35.5. The third kappa shape index (κ3) is 3.03. The van der Waals surface area contributed by atoms with Gasteiger partial charge in [-0.1, -0.05) is 29.8 Å². The van der Waals surface area contributed by atoms with Crippen molar-refractivity contribution in [1.29, 1.82) is 0 Å². The normalized spacial score (nSPS) is 9.95. The fourth-order valence-corrected chi connectivity index (χ4v) is 1.67. The number of nitro groups is 2. The molecule has 0 unspecified atom stereocenters. The van der Waals surface area contributed by atoms with Gasteiger partial charge >= 0.3 is 11.7 Å². The Hall–Kier alpha value is -2.19. The van der Waals surface area contributed by atoms with E-state index in [0.717, 1.165) is 6.07 Å². The van der Waals surface area contributed by atoms with Gasteiger partial charge in [-0.05, 0) is 6.92 Å². The molecule has 1 aromatic carbocycles. The van der Waals surface area contributed by atoms with Gasteiger partial charge in [0, 0.05) is 11.6 Å². The van der Waals surface area contributed by atoms with Gasteiger partial charge in [0.25, 0.3) is 5.69 Å². The first-order chi connectivity index (χ1) is 9.16. The van der Waals surface area contributed by atoms with Gasteiger partial charge in [0.1, 0.15) is 0 Å². The number of hydrogen-bond donors (Lipinski definition) is 0. The van der Waals surface area contributed by atoms with Crippen molar-refractivity contribution in [1.82, 2.24) is 0 Å². The molecule has 1 rings (SSSR count). The molecule has 106 valence electrons. The summed E-state index contributed by atoms with van der Waals surface area (Å²) >= 11 is 11.3. The first kappa shape index (κ1) is 15.9. The average molecular weight is 321 g/mol. The maximum absolute atomic E-state index is 11.4. The Morgan fingerprint density at radius 1 is 1.30 bits per heavy atom. The highest BCUT2D eigenvalue weighted by molar-refractivity contribution is 6.38. The Morgan fingerprint density at radius 2 is 1.85 bits per heavy atom. The molecule has 10 heteroatoms. The van der Waals surface area contributed by atoms with Crippen molar-refractivity contribution < 1.29 is 19.4 Å². The lowest BCUT2D eigenvalue weighted by atomic mass is 10.2. The van der Waals surface area contributed by atoms with Crippen LogP contribution in [0.2, 0.25) is 10.0 Å². The number of hydrogen-bond acceptors (Lipinski definition) is 6. The third-order valence-corrected chi connectivity index (χ3v) is 2.70. The Morgan fingerprint density at radius 3 is 2.25 bits per heavy atom. The van der Waals surface area contributed by atoms with E-state index in [1.807, 2.05) is 0 Å². The number of nitro benzene ring substituents is 2. The SMILES string of the molecule is C=C(C)C(=O)Oc1c(Cl)cc([N+](=O)[O-])c(Cl)c1[N+](=O)[O-]. The van der Waals surface area contributed by atoms with Crippen LogP contribution in [0.4, 0.5) is 11.4 Å². The van der Waals surface area contributed by atoms with Gasteiger partial charge in [-0.2, -0.15) is 0 Å². The number of esters is 1. The summed E-state index contributed by atoms with van der Waals surface area (Å²) in [5.74, 6) is -1.64. The minimum atomic E-state index is -1.03. The van der Waals surface area contributed by atoms with E-state index in [2.05, 4.69) is 6.58 Å². The zero-order valence-electron chi connectivity index (χ0n) is 9.88. The van der Waals surface area contributed by atoms with Crippen LogP contribution < -0.4 is 4.74 Å². The monoisotopic (exact) mass is 320 g/mol. The van der Waals surface area contributed by atoms with Crippen LogP contribution >= 0.6 is 23.2 Å². The van der Waals surface area contributed by atoms with E-state index >= 15 is 0 Å². The molecule has 1 aromatic rings. The van der Waals surface area contributed by atoms with Crippen LogP contribution in [0.15, 0.2) is 18.2 Å². The highest BCUT2D eigenvalue weighted by Crippen LogP contribution is 2.45. The Bertz CT molecular complexity index is 643. The number of benzene rings is 1. The molecule has 0 N–H and O–H groups in total. The summed E-state index contributed by atoms with van der Waals surface area (Å²) in [6.07, 6.45) is 0. The molecule has 0 aromatic heterocycles. The van der Waals surface area contributed by atoms with Gasteiger partial charge in [-0.15, -0.1) is 0 Å². The summed E-state index contributed by atoms with van der Waals surface area (Å²) < 4.78 is 4.70. The van der Waals surface area contributed by atoms with Gasteiger partial charge < -0.3 is 4.74 Å². The summed E-state index contributed by atoms with van der Waals surface area (Å²) in [5.41, 5.74) is -1.76. The first-order valence-corrected chi connectivity index (χ1v) is 5.60. The van der Waals surface area contributed by atoms with Crippen LogP contribution in [0, 0.1) is 20.2 Å². The number of ether oxygens (including phenoxy) is 1. The first-order valence-electron chi connectivity index (χ1n) is 4.85. The van der Waals surface area contributed by atoms with Crippen LogP contribution in [0.1, 0.15) is 6.92 Å². The van der Waals surface area contributed by atoms with Gasteiger partial charge in [0.05, 0.1) is 14.9 Å². The van der Waals surface area contributed by atoms with Crippen LogP contribution in [0.25, 0.3) is 0 Å². The number of carbonyl (C=O) groups is 1. The van der Waals surface area contributed by atoms with E-state index in [4.69, 9.17) is 27.9 Å². The zero-order chi connectivity index (χ0) is 15.6. The predicted octanol–water partition coefficient (Wildman–Crippen LogP) is 3.29. The van der Waals surface area contributed by atoms with Gasteiger partial charge in [-0.3, -0.25) is 20.2 Å². The molecular formula is C10H6Cl2N2O6. The standard InChI is InChI=1S/C10H6Cl2N2O6/c1-4(2)10(15)20-9-5(11)3-6(13(16)17)7(12)8(9)14(18)19/h3H,1H2,2H3. The summed E-state index contributed by atoms with van der Waals surface area (Å²) in [4.78, 5) is 31.1. The molecule has 0 saturated carbocycles. The second-order valence-corrected chi connectivity index (χ2v) is 4.34. The summed E-state index contributed by atoms with van der Waals surface area (Å²) in [7, 11) is 0. The largest absolute Gasteiger partial charge is 0.414 e. The molecule has 0 radical (unpaired) electrons. The van der Waals surface area contributed by atoms with E-state index in [9.17, 15) is 25.0 Å². The third-order valence-electron chi connectivity index (χ3n) is 2.05. The van der Waals surface area contributed by atoms with Gasteiger partial charge in [0.2, 0.25) is 5.75 Å². The maximum atomic E-state index is 11.4. The van der Waals surface area contributed by atoms with Gasteiger partial charge in [0.15, 0.2) is 5.02 Å². The number of carbonyl (C=O) groups excluding carboxylic acids is 1. The molecule has 8 nitrogen and oxygen atoms in total. The van der Waals surface area contributed by atoms with E-state index < -0.39 is 43.0 Å². The Kier molecular flexibility index (Phi) is 4.64. The minimum absolute atomic E-state index is 0.0372. The Labute approximate surface area is 121 Å². The average Bonchev–Trinajstić information content (AvgIpc) is 2.32. The molecule has 0 bridgehead atoms. The van der Waals surface area contributed by atoms with Crippen LogP contribution in [-0.2, 0) is 4.79 Å². The quantitative estimate of drug-likeness (QED) is 0.276. The molecule has 0 saturated heterocycles. The molecule has 0 atom stereocenters. The molecule has 0 aliphatic rings. The smallest absolute Gasteiger partial charge is 0.338 e. The van der Waals surface area contributed by atoms with Crippen molar-refractivity contribution in [3.63, 3.8) is 0 Å². The molecule has 0 aliphatic carbocycles. The van der Waals surface area contributed by atoms with Crippen LogP contribution in [0.5, 0.6) is 5.75 Å².